The topological polar surface area (TPSA) is 87.4 Å². The van der Waals surface area contributed by atoms with Crippen LogP contribution in [0.1, 0.15) is 36.3 Å². The van der Waals surface area contributed by atoms with Crippen molar-refractivity contribution in [3.8, 4) is 6.07 Å². The lowest BCUT2D eigenvalue weighted by Crippen LogP contribution is -2.38. The lowest BCUT2D eigenvalue weighted by atomic mass is 9.69. The van der Waals surface area contributed by atoms with Crippen molar-refractivity contribution in [1.29, 1.82) is 5.26 Å². The zero-order chi connectivity index (χ0) is 16.3. The normalized spacial score (nSPS) is 24.3. The second-order valence-corrected chi connectivity index (χ2v) is 6.24. The van der Waals surface area contributed by atoms with Crippen LogP contribution in [-0.2, 0) is 14.3 Å². The molecular weight excluding hydrogens is 350 g/mol. The van der Waals surface area contributed by atoms with Crippen LogP contribution in [0, 0.1) is 23.2 Å². The number of rotatable bonds is 3. The zero-order valence-corrected chi connectivity index (χ0v) is 13.7. The van der Waals surface area contributed by atoms with Gasteiger partial charge in [0, 0.05) is 4.47 Å². The summed E-state index contributed by atoms with van der Waals surface area (Å²) < 4.78 is 5.51. The molecule has 1 aliphatic carbocycles. The standard InChI is InChI=1S/C16H16BrNO4/c1-22-16(21)14-11(3-2-4-12(14)15(19)20)9-5-6-13(17)10(7-9)8-18/h5-7,11-12,14H,2-4H2,1H3,(H,19,20)/t11-,12+,14+/m0/s1. The Bertz CT molecular complexity index is 638. The molecule has 0 heterocycles. The highest BCUT2D eigenvalue weighted by Gasteiger charge is 2.43. The van der Waals surface area contributed by atoms with Crippen LogP contribution in [0.15, 0.2) is 22.7 Å². The molecule has 1 aliphatic rings. The summed E-state index contributed by atoms with van der Waals surface area (Å²) in [6.45, 7) is 0. The molecule has 3 atom stereocenters. The quantitative estimate of drug-likeness (QED) is 0.831. The summed E-state index contributed by atoms with van der Waals surface area (Å²) in [4.78, 5) is 23.6. The number of hydrogen-bond acceptors (Lipinski definition) is 4. The van der Waals surface area contributed by atoms with Crippen molar-refractivity contribution in [2.24, 2.45) is 11.8 Å². The van der Waals surface area contributed by atoms with Gasteiger partial charge in [0.15, 0.2) is 0 Å². The highest BCUT2D eigenvalue weighted by Crippen LogP contribution is 2.42. The van der Waals surface area contributed by atoms with Gasteiger partial charge >= 0.3 is 11.9 Å². The van der Waals surface area contributed by atoms with Crippen LogP contribution in [0.2, 0.25) is 0 Å². The molecule has 0 unspecified atom stereocenters. The lowest BCUT2D eigenvalue weighted by molar-refractivity contribution is -0.158. The highest BCUT2D eigenvalue weighted by molar-refractivity contribution is 9.10. The summed E-state index contributed by atoms with van der Waals surface area (Å²) in [6.07, 6.45) is 1.90. The van der Waals surface area contributed by atoms with Gasteiger partial charge in [-0.15, -0.1) is 0 Å². The maximum absolute atomic E-state index is 12.1. The molecule has 0 bridgehead atoms. The number of aliphatic carboxylic acids is 1. The minimum atomic E-state index is -0.974. The molecule has 0 aromatic heterocycles. The fourth-order valence-corrected chi connectivity index (χ4v) is 3.51. The van der Waals surface area contributed by atoms with Crippen molar-refractivity contribution in [3.05, 3.63) is 33.8 Å². The summed E-state index contributed by atoms with van der Waals surface area (Å²) in [7, 11) is 1.27. The van der Waals surface area contributed by atoms with Crippen LogP contribution in [0.4, 0.5) is 0 Å². The Balaban J connectivity index is 2.44. The SMILES string of the molecule is COC(=O)[C@H]1[C@H](C(=O)O)CCC[C@H]1c1ccc(Br)c(C#N)c1. The third kappa shape index (κ3) is 3.14. The smallest absolute Gasteiger partial charge is 0.310 e. The van der Waals surface area contributed by atoms with Gasteiger partial charge in [-0.25, -0.2) is 0 Å². The van der Waals surface area contributed by atoms with Gasteiger partial charge in [-0.05, 0) is 52.4 Å². The van der Waals surface area contributed by atoms with E-state index in [1.54, 1.807) is 12.1 Å². The summed E-state index contributed by atoms with van der Waals surface area (Å²) in [5, 5.41) is 18.5. The Kier molecular flexibility index (Phi) is 5.19. The summed E-state index contributed by atoms with van der Waals surface area (Å²) in [5.74, 6) is -3.19. The Morgan fingerprint density at radius 3 is 2.73 bits per heavy atom. The molecule has 0 spiro atoms. The summed E-state index contributed by atoms with van der Waals surface area (Å²) in [6, 6.07) is 7.39. The molecular formula is C16H16BrNO4. The molecule has 2 rings (SSSR count). The first-order valence-corrected chi connectivity index (χ1v) is 7.79. The number of esters is 1. The van der Waals surface area contributed by atoms with Gasteiger partial charge in [-0.3, -0.25) is 9.59 Å². The van der Waals surface area contributed by atoms with Crippen molar-refractivity contribution in [2.75, 3.05) is 7.11 Å². The molecule has 6 heteroatoms. The number of ether oxygens (including phenoxy) is 1. The Hall–Kier alpha value is -1.87. The molecule has 0 aliphatic heterocycles. The second kappa shape index (κ2) is 6.93. The molecule has 0 amide bonds. The zero-order valence-electron chi connectivity index (χ0n) is 12.1. The highest BCUT2D eigenvalue weighted by atomic mass is 79.9. The molecule has 1 aromatic carbocycles. The van der Waals surface area contributed by atoms with E-state index < -0.39 is 23.8 Å². The largest absolute Gasteiger partial charge is 0.481 e. The number of benzene rings is 1. The number of nitriles is 1. The monoisotopic (exact) mass is 365 g/mol. The number of carbonyl (C=O) groups excluding carboxylic acids is 1. The second-order valence-electron chi connectivity index (χ2n) is 5.38. The average Bonchev–Trinajstić information content (AvgIpc) is 2.53. The maximum atomic E-state index is 12.1. The van der Waals surface area contributed by atoms with Crippen LogP contribution in [0.25, 0.3) is 0 Å². The van der Waals surface area contributed by atoms with E-state index in [4.69, 9.17) is 10.00 Å². The Morgan fingerprint density at radius 2 is 2.14 bits per heavy atom. The summed E-state index contributed by atoms with van der Waals surface area (Å²) in [5.41, 5.74) is 1.28. The Labute approximate surface area is 137 Å². The fourth-order valence-electron chi connectivity index (χ4n) is 3.17. The van der Waals surface area contributed by atoms with Gasteiger partial charge in [-0.2, -0.15) is 5.26 Å². The van der Waals surface area contributed by atoms with Crippen molar-refractivity contribution in [2.45, 2.75) is 25.2 Å². The van der Waals surface area contributed by atoms with E-state index in [0.29, 0.717) is 22.9 Å². The molecule has 1 saturated carbocycles. The van der Waals surface area contributed by atoms with Crippen LogP contribution >= 0.6 is 15.9 Å². The van der Waals surface area contributed by atoms with Gasteiger partial charge in [-0.1, -0.05) is 12.5 Å². The van der Waals surface area contributed by atoms with Gasteiger partial charge in [0.25, 0.3) is 0 Å². The van der Waals surface area contributed by atoms with Crippen LogP contribution in [-0.4, -0.2) is 24.2 Å². The van der Waals surface area contributed by atoms with E-state index in [9.17, 15) is 14.7 Å². The molecule has 1 aromatic rings. The maximum Gasteiger partial charge on any atom is 0.310 e. The first kappa shape index (κ1) is 16.5. The van der Waals surface area contributed by atoms with Gasteiger partial charge in [0.1, 0.15) is 6.07 Å². The predicted octanol–water partition coefficient (Wildman–Crippen LogP) is 3.08. The van der Waals surface area contributed by atoms with E-state index >= 15 is 0 Å². The molecule has 5 nitrogen and oxygen atoms in total. The van der Waals surface area contributed by atoms with E-state index in [0.717, 1.165) is 12.0 Å². The number of halogens is 1. The Morgan fingerprint density at radius 1 is 1.41 bits per heavy atom. The van der Waals surface area contributed by atoms with Gasteiger partial charge < -0.3 is 9.84 Å². The number of carboxylic acid groups (broad SMARTS) is 1. The first-order chi connectivity index (χ1) is 10.5. The minimum absolute atomic E-state index is 0.248. The lowest BCUT2D eigenvalue weighted by Gasteiger charge is -2.34. The molecule has 1 N–H and O–H groups in total. The molecule has 116 valence electrons. The number of carboxylic acids is 1. The van der Waals surface area contributed by atoms with Crippen LogP contribution in [0.3, 0.4) is 0 Å². The van der Waals surface area contributed by atoms with Crippen molar-refractivity contribution in [3.63, 3.8) is 0 Å². The molecule has 0 radical (unpaired) electrons. The first-order valence-electron chi connectivity index (χ1n) is 6.99. The van der Waals surface area contributed by atoms with Crippen molar-refractivity contribution in [1.82, 2.24) is 0 Å². The van der Waals surface area contributed by atoms with Gasteiger partial charge in [0.05, 0.1) is 24.5 Å². The third-order valence-corrected chi connectivity index (χ3v) is 4.92. The van der Waals surface area contributed by atoms with Crippen molar-refractivity contribution < 1.29 is 19.4 Å². The minimum Gasteiger partial charge on any atom is -0.481 e. The number of carbonyl (C=O) groups is 2. The van der Waals surface area contributed by atoms with E-state index in [2.05, 4.69) is 22.0 Å². The molecule has 22 heavy (non-hydrogen) atoms. The number of methoxy groups -OCH3 is 1. The molecule has 1 fully saturated rings. The average molecular weight is 366 g/mol. The van der Waals surface area contributed by atoms with Crippen LogP contribution < -0.4 is 0 Å². The summed E-state index contributed by atoms with van der Waals surface area (Å²) >= 11 is 3.30. The van der Waals surface area contributed by atoms with Crippen molar-refractivity contribution >= 4 is 27.9 Å². The van der Waals surface area contributed by atoms with E-state index in [1.807, 2.05) is 6.07 Å². The van der Waals surface area contributed by atoms with E-state index in [-0.39, 0.29) is 5.92 Å². The molecule has 0 saturated heterocycles. The fraction of sp³-hybridized carbons (Fsp3) is 0.438. The third-order valence-electron chi connectivity index (χ3n) is 4.23. The van der Waals surface area contributed by atoms with Crippen LogP contribution in [0.5, 0.6) is 0 Å². The van der Waals surface area contributed by atoms with Gasteiger partial charge in [0.2, 0.25) is 0 Å². The van der Waals surface area contributed by atoms with E-state index in [1.165, 1.54) is 7.11 Å². The number of nitrogens with zero attached hydrogens (tertiary/aromatic N) is 1. The number of hydrogen-bond donors (Lipinski definition) is 1. The predicted molar refractivity (Wildman–Crippen MR) is 82.1 cm³/mol.